The first-order valence-electron chi connectivity index (χ1n) is 4.53. The highest BCUT2D eigenvalue weighted by Gasteiger charge is 2.05. The van der Waals surface area contributed by atoms with Crippen molar-refractivity contribution in [3.63, 3.8) is 0 Å². The third-order valence-corrected chi connectivity index (χ3v) is 2.23. The maximum absolute atomic E-state index is 4.20. The molecule has 0 saturated carbocycles. The second-order valence-electron chi connectivity index (χ2n) is 3.21. The summed E-state index contributed by atoms with van der Waals surface area (Å²) < 4.78 is 0. The second-order valence-corrected chi connectivity index (χ2v) is 3.21. The van der Waals surface area contributed by atoms with Crippen LogP contribution < -0.4 is 0 Å². The van der Waals surface area contributed by atoms with Gasteiger partial charge in [0, 0.05) is 17.0 Å². The molecule has 1 aromatic carbocycles. The monoisotopic (exact) mass is 183 g/mol. The maximum atomic E-state index is 4.20. The highest BCUT2D eigenvalue weighted by atomic mass is 14.8. The Labute approximate surface area is 83.7 Å². The predicted molar refractivity (Wildman–Crippen MR) is 55.8 cm³/mol. The summed E-state index contributed by atoms with van der Waals surface area (Å²) in [5.74, 6) is 0. The van der Waals surface area contributed by atoms with Gasteiger partial charge in [-0.2, -0.15) is 0 Å². The van der Waals surface area contributed by atoms with Crippen molar-refractivity contribution >= 4 is 0 Å². The Hall–Kier alpha value is -1.70. The van der Waals surface area contributed by atoms with E-state index in [9.17, 15) is 0 Å². The van der Waals surface area contributed by atoms with Crippen LogP contribution >= 0.6 is 0 Å². The molecule has 0 unspecified atom stereocenters. The van der Waals surface area contributed by atoms with E-state index in [1.165, 1.54) is 0 Å². The lowest BCUT2D eigenvalue weighted by molar-refractivity contribution is 1.06. The van der Waals surface area contributed by atoms with Crippen LogP contribution in [0.5, 0.6) is 0 Å². The molecule has 0 aliphatic rings. The molecule has 0 spiro atoms. The van der Waals surface area contributed by atoms with E-state index < -0.39 is 0 Å². The van der Waals surface area contributed by atoms with Crippen LogP contribution in [0.15, 0.2) is 30.6 Å². The molecular weight excluding hydrogens is 172 g/mol. The van der Waals surface area contributed by atoms with Crippen LogP contribution in [0.25, 0.3) is 11.1 Å². The van der Waals surface area contributed by atoms with Crippen LogP contribution in [-0.4, -0.2) is 9.97 Å². The minimum absolute atomic E-state index is 1.02. The SMILES string of the molecule is Cc1ncnc(C)c1-c1cc[c]cc1. The molecular formula is C12H11N2. The van der Waals surface area contributed by atoms with Crippen LogP contribution in [0.3, 0.4) is 0 Å². The van der Waals surface area contributed by atoms with Crippen molar-refractivity contribution in [2.75, 3.05) is 0 Å². The Morgan fingerprint density at radius 3 is 2.14 bits per heavy atom. The summed E-state index contributed by atoms with van der Waals surface area (Å²) in [6, 6.07) is 10.9. The van der Waals surface area contributed by atoms with Gasteiger partial charge in [-0.15, -0.1) is 0 Å². The molecule has 0 saturated heterocycles. The first-order chi connectivity index (χ1) is 6.79. The molecule has 14 heavy (non-hydrogen) atoms. The molecule has 2 rings (SSSR count). The van der Waals surface area contributed by atoms with Crippen LogP contribution in [0.2, 0.25) is 0 Å². The van der Waals surface area contributed by atoms with Crippen LogP contribution in [0.1, 0.15) is 11.4 Å². The van der Waals surface area contributed by atoms with E-state index in [0.29, 0.717) is 0 Å². The molecule has 0 atom stereocenters. The lowest BCUT2D eigenvalue weighted by atomic mass is 10.0. The van der Waals surface area contributed by atoms with Crippen molar-refractivity contribution in [2.45, 2.75) is 13.8 Å². The molecule has 0 fully saturated rings. The van der Waals surface area contributed by atoms with Gasteiger partial charge in [0.2, 0.25) is 0 Å². The van der Waals surface area contributed by atoms with Crippen LogP contribution in [0.4, 0.5) is 0 Å². The van der Waals surface area contributed by atoms with Gasteiger partial charge in [-0.1, -0.05) is 24.3 Å². The van der Waals surface area contributed by atoms with Crippen molar-refractivity contribution in [1.82, 2.24) is 9.97 Å². The molecule has 0 aliphatic carbocycles. The van der Waals surface area contributed by atoms with E-state index in [0.717, 1.165) is 22.5 Å². The Balaban J connectivity index is 2.63. The van der Waals surface area contributed by atoms with Crippen molar-refractivity contribution in [1.29, 1.82) is 0 Å². The number of hydrogen-bond donors (Lipinski definition) is 0. The molecule has 1 radical (unpaired) electrons. The molecule has 0 amide bonds. The Morgan fingerprint density at radius 1 is 1.00 bits per heavy atom. The molecule has 69 valence electrons. The molecule has 1 aromatic heterocycles. The molecule has 0 aliphatic heterocycles. The zero-order valence-electron chi connectivity index (χ0n) is 8.28. The Morgan fingerprint density at radius 2 is 1.57 bits per heavy atom. The van der Waals surface area contributed by atoms with Gasteiger partial charge in [0.25, 0.3) is 0 Å². The number of nitrogens with zero attached hydrogens (tertiary/aromatic N) is 2. The van der Waals surface area contributed by atoms with E-state index in [1.54, 1.807) is 6.33 Å². The summed E-state index contributed by atoms with van der Waals surface area (Å²) in [4.78, 5) is 8.39. The minimum Gasteiger partial charge on any atom is -0.241 e. The normalized spacial score (nSPS) is 10.1. The van der Waals surface area contributed by atoms with Gasteiger partial charge in [-0.25, -0.2) is 9.97 Å². The number of hydrogen-bond acceptors (Lipinski definition) is 2. The molecule has 0 bridgehead atoms. The Bertz CT molecular complexity index is 415. The summed E-state index contributed by atoms with van der Waals surface area (Å²) in [6.45, 7) is 4.00. The van der Waals surface area contributed by atoms with Crippen molar-refractivity contribution in [2.24, 2.45) is 0 Å². The topological polar surface area (TPSA) is 25.8 Å². The van der Waals surface area contributed by atoms with Gasteiger partial charge in [0.1, 0.15) is 6.33 Å². The molecule has 2 heteroatoms. The fourth-order valence-corrected chi connectivity index (χ4v) is 1.56. The number of rotatable bonds is 1. The quantitative estimate of drug-likeness (QED) is 0.679. The van der Waals surface area contributed by atoms with Crippen molar-refractivity contribution in [3.8, 4) is 11.1 Å². The zero-order chi connectivity index (χ0) is 9.97. The molecule has 2 aromatic rings. The fourth-order valence-electron chi connectivity index (χ4n) is 1.56. The highest BCUT2D eigenvalue weighted by Crippen LogP contribution is 2.23. The predicted octanol–water partition coefficient (Wildman–Crippen LogP) is 2.56. The summed E-state index contributed by atoms with van der Waals surface area (Å²) in [6.07, 6.45) is 1.60. The molecule has 1 heterocycles. The lowest BCUT2D eigenvalue weighted by Crippen LogP contribution is -1.94. The van der Waals surface area contributed by atoms with Gasteiger partial charge in [-0.3, -0.25) is 0 Å². The van der Waals surface area contributed by atoms with E-state index >= 15 is 0 Å². The van der Waals surface area contributed by atoms with Crippen molar-refractivity contribution in [3.05, 3.63) is 48.0 Å². The highest BCUT2D eigenvalue weighted by molar-refractivity contribution is 5.67. The number of aryl methyl sites for hydroxylation is 2. The van der Waals surface area contributed by atoms with Crippen LogP contribution in [0, 0.1) is 19.9 Å². The van der Waals surface area contributed by atoms with E-state index in [1.807, 2.05) is 38.1 Å². The number of aromatic nitrogens is 2. The zero-order valence-corrected chi connectivity index (χ0v) is 8.28. The minimum atomic E-state index is 1.02. The van der Waals surface area contributed by atoms with E-state index in [-0.39, 0.29) is 0 Å². The lowest BCUT2D eigenvalue weighted by Gasteiger charge is -2.06. The summed E-state index contributed by atoms with van der Waals surface area (Å²) >= 11 is 0. The van der Waals surface area contributed by atoms with Crippen molar-refractivity contribution < 1.29 is 0 Å². The van der Waals surface area contributed by atoms with E-state index in [2.05, 4.69) is 16.0 Å². The average Bonchev–Trinajstić information content (AvgIpc) is 2.19. The van der Waals surface area contributed by atoms with Gasteiger partial charge < -0.3 is 0 Å². The number of benzene rings is 1. The van der Waals surface area contributed by atoms with Gasteiger partial charge in [0.15, 0.2) is 0 Å². The first-order valence-corrected chi connectivity index (χ1v) is 4.53. The smallest absolute Gasteiger partial charge is 0.115 e. The standard InChI is InChI=1S/C12H11N2/c1-9-12(10(2)14-8-13-9)11-6-4-3-5-7-11/h4-8H,1-2H3. The van der Waals surface area contributed by atoms with Gasteiger partial charge >= 0.3 is 0 Å². The third kappa shape index (κ3) is 1.51. The molecule has 2 nitrogen and oxygen atoms in total. The first kappa shape index (κ1) is 8.88. The molecule has 0 N–H and O–H groups in total. The largest absolute Gasteiger partial charge is 0.241 e. The third-order valence-electron chi connectivity index (χ3n) is 2.23. The second kappa shape index (κ2) is 3.58. The van der Waals surface area contributed by atoms with Crippen LogP contribution in [-0.2, 0) is 0 Å². The van der Waals surface area contributed by atoms with Gasteiger partial charge in [0.05, 0.1) is 0 Å². The maximum Gasteiger partial charge on any atom is 0.115 e. The summed E-state index contributed by atoms with van der Waals surface area (Å²) in [7, 11) is 0. The van der Waals surface area contributed by atoms with E-state index in [4.69, 9.17) is 0 Å². The Kier molecular flexibility index (Phi) is 2.27. The summed E-state index contributed by atoms with van der Waals surface area (Å²) in [5, 5.41) is 0. The average molecular weight is 183 g/mol. The fraction of sp³-hybridized carbons (Fsp3) is 0.167. The van der Waals surface area contributed by atoms with Gasteiger partial charge in [-0.05, 0) is 25.5 Å². The summed E-state index contributed by atoms with van der Waals surface area (Å²) in [5.41, 5.74) is 4.31.